The van der Waals surface area contributed by atoms with Crippen LogP contribution >= 0.6 is 0 Å². The molecule has 0 saturated carbocycles. The maximum Gasteiger partial charge on any atom is 0.253 e. The molecular weight excluding hydrogens is 240 g/mol. The second-order valence-electron chi connectivity index (χ2n) is 3.85. The zero-order valence-corrected chi connectivity index (χ0v) is 9.38. The van der Waals surface area contributed by atoms with Crippen molar-refractivity contribution in [1.82, 2.24) is 9.55 Å². The van der Waals surface area contributed by atoms with Crippen LogP contribution in [0.1, 0.15) is 11.6 Å². The fourth-order valence-electron chi connectivity index (χ4n) is 1.58. The summed E-state index contributed by atoms with van der Waals surface area (Å²) in [5.41, 5.74) is 6.01. The van der Waals surface area contributed by atoms with E-state index in [1.165, 1.54) is 29.2 Å². The summed E-state index contributed by atoms with van der Waals surface area (Å²) in [4.78, 5) is 15.2. The third-order valence-corrected chi connectivity index (χ3v) is 2.56. The van der Waals surface area contributed by atoms with Gasteiger partial charge in [-0.3, -0.25) is 9.36 Å². The van der Waals surface area contributed by atoms with Crippen LogP contribution in [0.3, 0.4) is 0 Å². The Morgan fingerprint density at radius 1 is 1.28 bits per heavy atom. The van der Waals surface area contributed by atoms with E-state index in [0.29, 0.717) is 5.56 Å². The Bertz CT molecular complexity index is 612. The molecule has 0 bridgehead atoms. The number of nitrogens with zero attached hydrogens (tertiary/aromatic N) is 2. The maximum atomic E-state index is 13.0. The standard InChI is InChI=1S/C12H11F2N3O/c13-9-2-1-8(5-10(9)14)11(15)6-17-7-16-4-3-12(17)18/h1-5,7,11H,6,15H2. The van der Waals surface area contributed by atoms with E-state index in [9.17, 15) is 13.6 Å². The van der Waals surface area contributed by atoms with Gasteiger partial charge in [-0.05, 0) is 17.7 Å². The van der Waals surface area contributed by atoms with Crippen LogP contribution in [0, 0.1) is 11.6 Å². The summed E-state index contributed by atoms with van der Waals surface area (Å²) in [5.74, 6) is -1.88. The van der Waals surface area contributed by atoms with Crippen LogP contribution in [-0.2, 0) is 6.54 Å². The van der Waals surface area contributed by atoms with E-state index in [1.807, 2.05) is 0 Å². The van der Waals surface area contributed by atoms with Crippen molar-refractivity contribution in [2.45, 2.75) is 12.6 Å². The van der Waals surface area contributed by atoms with Crippen molar-refractivity contribution in [3.8, 4) is 0 Å². The highest BCUT2D eigenvalue weighted by atomic mass is 19.2. The monoisotopic (exact) mass is 251 g/mol. The van der Waals surface area contributed by atoms with Gasteiger partial charge in [-0.1, -0.05) is 6.07 Å². The van der Waals surface area contributed by atoms with E-state index in [2.05, 4.69) is 4.98 Å². The predicted molar refractivity (Wildman–Crippen MR) is 61.8 cm³/mol. The summed E-state index contributed by atoms with van der Waals surface area (Å²) in [6.45, 7) is 0.151. The van der Waals surface area contributed by atoms with Gasteiger partial charge in [0.05, 0.1) is 6.33 Å². The molecular formula is C12H11F2N3O. The van der Waals surface area contributed by atoms with Gasteiger partial charge in [-0.15, -0.1) is 0 Å². The molecule has 2 aromatic rings. The Labute approximate surface area is 102 Å². The quantitative estimate of drug-likeness (QED) is 0.892. The van der Waals surface area contributed by atoms with Crippen LogP contribution in [-0.4, -0.2) is 9.55 Å². The molecule has 1 aromatic carbocycles. The van der Waals surface area contributed by atoms with Gasteiger partial charge in [0, 0.05) is 24.8 Å². The summed E-state index contributed by atoms with van der Waals surface area (Å²) in [7, 11) is 0. The second kappa shape index (κ2) is 5.05. The van der Waals surface area contributed by atoms with Crippen molar-refractivity contribution >= 4 is 0 Å². The van der Waals surface area contributed by atoms with E-state index in [-0.39, 0.29) is 12.1 Å². The third kappa shape index (κ3) is 2.60. The molecule has 6 heteroatoms. The first kappa shape index (κ1) is 12.4. The molecule has 0 amide bonds. The highest BCUT2D eigenvalue weighted by molar-refractivity contribution is 5.20. The van der Waals surface area contributed by atoms with E-state index in [4.69, 9.17) is 5.73 Å². The van der Waals surface area contributed by atoms with Crippen LogP contribution in [0.5, 0.6) is 0 Å². The molecule has 0 aliphatic rings. The summed E-state index contributed by atoms with van der Waals surface area (Å²) in [5, 5.41) is 0. The summed E-state index contributed by atoms with van der Waals surface area (Å²) >= 11 is 0. The first-order chi connectivity index (χ1) is 8.58. The van der Waals surface area contributed by atoms with E-state index < -0.39 is 17.7 Å². The summed E-state index contributed by atoms with van der Waals surface area (Å²) < 4.78 is 27.1. The Morgan fingerprint density at radius 2 is 2.06 bits per heavy atom. The molecule has 1 unspecified atom stereocenters. The zero-order valence-electron chi connectivity index (χ0n) is 9.38. The number of aromatic nitrogens is 2. The lowest BCUT2D eigenvalue weighted by Gasteiger charge is -2.13. The Kier molecular flexibility index (Phi) is 3.47. The van der Waals surface area contributed by atoms with Gasteiger partial charge in [0.25, 0.3) is 5.56 Å². The van der Waals surface area contributed by atoms with Crippen molar-refractivity contribution in [2.75, 3.05) is 0 Å². The lowest BCUT2D eigenvalue weighted by Crippen LogP contribution is -2.26. The highest BCUT2D eigenvalue weighted by Crippen LogP contribution is 2.15. The molecule has 94 valence electrons. The number of hydrogen-bond acceptors (Lipinski definition) is 3. The van der Waals surface area contributed by atoms with Crippen molar-refractivity contribution in [2.24, 2.45) is 5.73 Å². The third-order valence-electron chi connectivity index (χ3n) is 2.56. The van der Waals surface area contributed by atoms with Gasteiger partial charge in [0.2, 0.25) is 0 Å². The second-order valence-corrected chi connectivity index (χ2v) is 3.85. The molecule has 2 rings (SSSR count). The lowest BCUT2D eigenvalue weighted by atomic mass is 10.1. The van der Waals surface area contributed by atoms with Gasteiger partial charge in [-0.25, -0.2) is 13.8 Å². The Balaban J connectivity index is 2.22. The first-order valence-corrected chi connectivity index (χ1v) is 5.29. The molecule has 4 nitrogen and oxygen atoms in total. The van der Waals surface area contributed by atoms with Crippen molar-refractivity contribution in [1.29, 1.82) is 0 Å². The van der Waals surface area contributed by atoms with Crippen molar-refractivity contribution in [3.63, 3.8) is 0 Å². The molecule has 2 N–H and O–H groups in total. The molecule has 18 heavy (non-hydrogen) atoms. The number of rotatable bonds is 3. The predicted octanol–water partition coefficient (Wildman–Crippen LogP) is 1.22. The zero-order chi connectivity index (χ0) is 13.1. The number of hydrogen-bond donors (Lipinski definition) is 1. The van der Waals surface area contributed by atoms with E-state index in [1.54, 1.807) is 0 Å². The Hall–Kier alpha value is -2.08. The van der Waals surface area contributed by atoms with Gasteiger partial charge < -0.3 is 5.73 Å². The van der Waals surface area contributed by atoms with Gasteiger partial charge in [0.1, 0.15) is 0 Å². The van der Waals surface area contributed by atoms with Crippen molar-refractivity contribution in [3.05, 3.63) is 64.3 Å². The summed E-state index contributed by atoms with van der Waals surface area (Å²) in [6.07, 6.45) is 2.73. The summed E-state index contributed by atoms with van der Waals surface area (Å²) in [6, 6.07) is 4.13. The molecule has 1 aromatic heterocycles. The highest BCUT2D eigenvalue weighted by Gasteiger charge is 2.10. The van der Waals surface area contributed by atoms with Crippen LogP contribution in [0.25, 0.3) is 0 Å². The minimum Gasteiger partial charge on any atom is -0.322 e. The maximum absolute atomic E-state index is 13.0. The van der Waals surface area contributed by atoms with Gasteiger partial charge >= 0.3 is 0 Å². The smallest absolute Gasteiger partial charge is 0.253 e. The van der Waals surface area contributed by atoms with Crippen LogP contribution in [0.4, 0.5) is 8.78 Å². The van der Waals surface area contributed by atoms with E-state index >= 15 is 0 Å². The average Bonchev–Trinajstić information content (AvgIpc) is 2.35. The molecule has 1 heterocycles. The topological polar surface area (TPSA) is 60.9 Å². The molecule has 0 aliphatic heterocycles. The first-order valence-electron chi connectivity index (χ1n) is 5.29. The fraction of sp³-hybridized carbons (Fsp3) is 0.167. The molecule has 0 spiro atoms. The van der Waals surface area contributed by atoms with Crippen LogP contribution in [0.2, 0.25) is 0 Å². The lowest BCUT2D eigenvalue weighted by molar-refractivity contribution is 0.499. The van der Waals surface area contributed by atoms with Gasteiger partial charge in [0.15, 0.2) is 11.6 Å². The minimum atomic E-state index is -0.957. The fourth-order valence-corrected chi connectivity index (χ4v) is 1.58. The van der Waals surface area contributed by atoms with Gasteiger partial charge in [-0.2, -0.15) is 0 Å². The number of halogens is 2. The normalized spacial score (nSPS) is 12.4. The molecule has 0 aliphatic carbocycles. The molecule has 1 atom stereocenters. The van der Waals surface area contributed by atoms with Crippen molar-refractivity contribution < 1.29 is 8.78 Å². The van der Waals surface area contributed by atoms with Crippen LogP contribution < -0.4 is 11.3 Å². The molecule has 0 saturated heterocycles. The molecule has 0 radical (unpaired) electrons. The number of benzene rings is 1. The van der Waals surface area contributed by atoms with E-state index in [0.717, 1.165) is 12.1 Å². The average molecular weight is 251 g/mol. The van der Waals surface area contributed by atoms with Crippen LogP contribution in [0.15, 0.2) is 41.6 Å². The Morgan fingerprint density at radius 3 is 2.72 bits per heavy atom. The molecule has 0 fully saturated rings. The minimum absolute atomic E-state index is 0.151. The number of nitrogens with two attached hydrogens (primary N) is 1. The largest absolute Gasteiger partial charge is 0.322 e. The SMILES string of the molecule is NC(Cn1cnccc1=O)c1ccc(F)c(F)c1.